The number of aromatic carboxylic acids is 1. The SMILES string of the molecule is COc1cccc(COc2ccc(C(=O)O)cc2C)n1. The predicted molar refractivity (Wildman–Crippen MR) is 73.3 cm³/mol. The number of nitrogens with zero attached hydrogens (tertiary/aromatic N) is 1. The molecule has 5 heteroatoms. The summed E-state index contributed by atoms with van der Waals surface area (Å²) in [5.41, 5.74) is 1.76. The molecule has 0 amide bonds. The first kappa shape index (κ1) is 13.9. The molecule has 0 aliphatic heterocycles. The molecule has 0 unspecified atom stereocenters. The van der Waals surface area contributed by atoms with Crippen LogP contribution in [0.2, 0.25) is 0 Å². The van der Waals surface area contributed by atoms with Crippen LogP contribution in [0.3, 0.4) is 0 Å². The van der Waals surface area contributed by atoms with E-state index in [0.29, 0.717) is 18.2 Å². The second kappa shape index (κ2) is 6.06. The molecule has 0 atom stereocenters. The second-order valence-electron chi connectivity index (χ2n) is 4.25. The number of hydrogen-bond donors (Lipinski definition) is 1. The van der Waals surface area contributed by atoms with Gasteiger partial charge in [-0.05, 0) is 36.8 Å². The summed E-state index contributed by atoms with van der Waals surface area (Å²) in [4.78, 5) is 15.1. The van der Waals surface area contributed by atoms with Crippen LogP contribution in [0.25, 0.3) is 0 Å². The molecule has 0 spiro atoms. The highest BCUT2D eigenvalue weighted by atomic mass is 16.5. The van der Waals surface area contributed by atoms with Crippen LogP contribution in [0.4, 0.5) is 0 Å². The Morgan fingerprint density at radius 2 is 2.10 bits per heavy atom. The van der Waals surface area contributed by atoms with E-state index in [1.165, 1.54) is 6.07 Å². The standard InChI is InChI=1S/C15H15NO4/c1-10-8-11(15(17)18)6-7-13(10)20-9-12-4-3-5-14(16-12)19-2/h3-8H,9H2,1-2H3,(H,17,18). The van der Waals surface area contributed by atoms with E-state index in [-0.39, 0.29) is 5.56 Å². The van der Waals surface area contributed by atoms with Gasteiger partial charge < -0.3 is 14.6 Å². The van der Waals surface area contributed by atoms with Crippen molar-refractivity contribution >= 4 is 5.97 Å². The maximum Gasteiger partial charge on any atom is 0.335 e. The summed E-state index contributed by atoms with van der Waals surface area (Å²) in [6, 6.07) is 10.2. The van der Waals surface area contributed by atoms with Gasteiger partial charge in [-0.2, -0.15) is 0 Å². The third kappa shape index (κ3) is 3.26. The fourth-order valence-electron chi connectivity index (χ4n) is 1.75. The molecule has 0 radical (unpaired) electrons. The number of aryl methyl sites for hydroxylation is 1. The van der Waals surface area contributed by atoms with E-state index in [1.807, 2.05) is 12.1 Å². The van der Waals surface area contributed by atoms with Gasteiger partial charge in [0.15, 0.2) is 0 Å². The maximum atomic E-state index is 10.8. The van der Waals surface area contributed by atoms with Crippen LogP contribution in [-0.4, -0.2) is 23.2 Å². The number of methoxy groups -OCH3 is 1. The van der Waals surface area contributed by atoms with Crippen molar-refractivity contribution in [2.45, 2.75) is 13.5 Å². The number of ether oxygens (including phenoxy) is 2. The number of rotatable bonds is 5. The van der Waals surface area contributed by atoms with Crippen molar-refractivity contribution in [2.75, 3.05) is 7.11 Å². The van der Waals surface area contributed by atoms with Crippen LogP contribution >= 0.6 is 0 Å². The summed E-state index contributed by atoms with van der Waals surface area (Å²) in [7, 11) is 1.56. The minimum atomic E-state index is -0.950. The van der Waals surface area contributed by atoms with Crippen molar-refractivity contribution in [3.8, 4) is 11.6 Å². The Bertz CT molecular complexity index is 625. The van der Waals surface area contributed by atoms with E-state index < -0.39 is 5.97 Å². The Balaban J connectivity index is 2.08. The lowest BCUT2D eigenvalue weighted by atomic mass is 10.1. The normalized spacial score (nSPS) is 10.1. The van der Waals surface area contributed by atoms with E-state index in [9.17, 15) is 4.79 Å². The van der Waals surface area contributed by atoms with Crippen molar-refractivity contribution in [3.63, 3.8) is 0 Å². The first-order valence-electron chi connectivity index (χ1n) is 6.07. The molecule has 1 aromatic carbocycles. The molecule has 0 fully saturated rings. The van der Waals surface area contributed by atoms with Crippen LogP contribution in [0, 0.1) is 6.92 Å². The monoisotopic (exact) mass is 273 g/mol. The first-order chi connectivity index (χ1) is 9.60. The molecule has 5 nitrogen and oxygen atoms in total. The fraction of sp³-hybridized carbons (Fsp3) is 0.200. The Hall–Kier alpha value is -2.56. The minimum absolute atomic E-state index is 0.245. The summed E-state index contributed by atoms with van der Waals surface area (Å²) in [6.45, 7) is 2.10. The van der Waals surface area contributed by atoms with Gasteiger partial charge in [-0.3, -0.25) is 0 Å². The van der Waals surface area contributed by atoms with E-state index in [2.05, 4.69) is 4.98 Å². The third-order valence-corrected chi connectivity index (χ3v) is 2.79. The molecule has 1 N–H and O–H groups in total. The molecule has 0 saturated heterocycles. The molecule has 0 aliphatic carbocycles. The molecule has 2 aromatic rings. The predicted octanol–water partition coefficient (Wildman–Crippen LogP) is 2.68. The number of pyridine rings is 1. The van der Waals surface area contributed by atoms with Gasteiger partial charge >= 0.3 is 5.97 Å². The second-order valence-corrected chi connectivity index (χ2v) is 4.25. The zero-order chi connectivity index (χ0) is 14.5. The van der Waals surface area contributed by atoms with E-state index >= 15 is 0 Å². The van der Waals surface area contributed by atoms with Crippen molar-refractivity contribution in [2.24, 2.45) is 0 Å². The Labute approximate surface area is 116 Å². The van der Waals surface area contributed by atoms with E-state index in [4.69, 9.17) is 14.6 Å². The molecular formula is C15H15NO4. The molecule has 2 rings (SSSR count). The lowest BCUT2D eigenvalue weighted by molar-refractivity contribution is 0.0696. The quantitative estimate of drug-likeness (QED) is 0.907. The number of carboxylic acids is 1. The van der Waals surface area contributed by atoms with Gasteiger partial charge in [0.25, 0.3) is 0 Å². The smallest absolute Gasteiger partial charge is 0.335 e. The lowest BCUT2D eigenvalue weighted by Crippen LogP contribution is -2.02. The highest BCUT2D eigenvalue weighted by Crippen LogP contribution is 2.20. The number of hydrogen-bond acceptors (Lipinski definition) is 4. The van der Waals surface area contributed by atoms with Crippen molar-refractivity contribution in [1.29, 1.82) is 0 Å². The van der Waals surface area contributed by atoms with Crippen molar-refractivity contribution in [3.05, 3.63) is 53.2 Å². The Morgan fingerprint density at radius 3 is 2.75 bits per heavy atom. The van der Waals surface area contributed by atoms with Gasteiger partial charge in [0, 0.05) is 6.07 Å². The van der Waals surface area contributed by atoms with E-state index in [0.717, 1.165) is 11.3 Å². The number of carboxylic acid groups (broad SMARTS) is 1. The number of aromatic nitrogens is 1. The summed E-state index contributed by atoms with van der Waals surface area (Å²) < 4.78 is 10.7. The Kier molecular flexibility index (Phi) is 4.20. The van der Waals surface area contributed by atoms with Gasteiger partial charge in [-0.25, -0.2) is 9.78 Å². The zero-order valence-corrected chi connectivity index (χ0v) is 11.3. The minimum Gasteiger partial charge on any atom is -0.487 e. The molecule has 0 aliphatic rings. The first-order valence-corrected chi connectivity index (χ1v) is 6.07. The molecule has 0 saturated carbocycles. The molecule has 1 aromatic heterocycles. The summed E-state index contributed by atoms with van der Waals surface area (Å²) in [5, 5.41) is 8.90. The molecule has 20 heavy (non-hydrogen) atoms. The van der Waals surface area contributed by atoms with Gasteiger partial charge in [0.05, 0.1) is 18.4 Å². The topological polar surface area (TPSA) is 68.7 Å². The van der Waals surface area contributed by atoms with Crippen molar-refractivity contribution in [1.82, 2.24) is 4.98 Å². The van der Waals surface area contributed by atoms with Crippen LogP contribution in [0.1, 0.15) is 21.6 Å². The van der Waals surface area contributed by atoms with Crippen LogP contribution in [0.15, 0.2) is 36.4 Å². The lowest BCUT2D eigenvalue weighted by Gasteiger charge is -2.10. The molecule has 1 heterocycles. The molecule has 0 bridgehead atoms. The van der Waals surface area contributed by atoms with Gasteiger partial charge in [0.1, 0.15) is 12.4 Å². The van der Waals surface area contributed by atoms with Gasteiger partial charge in [0.2, 0.25) is 5.88 Å². The highest BCUT2D eigenvalue weighted by molar-refractivity contribution is 5.88. The average molecular weight is 273 g/mol. The fourth-order valence-corrected chi connectivity index (χ4v) is 1.75. The van der Waals surface area contributed by atoms with Crippen LogP contribution < -0.4 is 9.47 Å². The number of carbonyl (C=O) groups is 1. The average Bonchev–Trinajstić information content (AvgIpc) is 2.46. The van der Waals surface area contributed by atoms with Gasteiger partial charge in [-0.1, -0.05) is 6.07 Å². The summed E-state index contributed by atoms with van der Waals surface area (Å²) in [6.07, 6.45) is 0. The summed E-state index contributed by atoms with van der Waals surface area (Å²) in [5.74, 6) is 0.220. The van der Waals surface area contributed by atoms with Gasteiger partial charge in [-0.15, -0.1) is 0 Å². The maximum absolute atomic E-state index is 10.8. The van der Waals surface area contributed by atoms with E-state index in [1.54, 1.807) is 32.2 Å². The van der Waals surface area contributed by atoms with Crippen LogP contribution in [0.5, 0.6) is 11.6 Å². The van der Waals surface area contributed by atoms with Crippen molar-refractivity contribution < 1.29 is 19.4 Å². The molecule has 104 valence electrons. The van der Waals surface area contributed by atoms with Crippen LogP contribution in [-0.2, 0) is 6.61 Å². The zero-order valence-electron chi connectivity index (χ0n) is 11.3. The third-order valence-electron chi connectivity index (χ3n) is 2.79. The molecular weight excluding hydrogens is 258 g/mol. The highest BCUT2D eigenvalue weighted by Gasteiger charge is 2.07. The summed E-state index contributed by atoms with van der Waals surface area (Å²) >= 11 is 0. The largest absolute Gasteiger partial charge is 0.487 e. The Morgan fingerprint density at radius 1 is 1.30 bits per heavy atom. The number of benzene rings is 1.